The first-order valence-corrected chi connectivity index (χ1v) is 5.65. The fourth-order valence-electron chi connectivity index (χ4n) is 3.55. The maximum Gasteiger partial charge on any atom is 0.0346 e. The third kappa shape index (κ3) is 1.01. The van der Waals surface area contributed by atoms with E-state index in [1.54, 1.807) is 5.56 Å². The van der Waals surface area contributed by atoms with Crippen LogP contribution in [0, 0.1) is 13.8 Å². The normalized spacial score (nSPS) is 37.0. The van der Waals surface area contributed by atoms with Gasteiger partial charge in [-0.1, -0.05) is 18.2 Å². The molecule has 3 saturated carbocycles. The van der Waals surface area contributed by atoms with E-state index in [0.29, 0.717) is 5.41 Å². The van der Waals surface area contributed by atoms with Crippen LogP contribution in [-0.2, 0) is 5.41 Å². The molecule has 0 unspecified atom stereocenters. The number of benzene rings is 1. The van der Waals surface area contributed by atoms with E-state index in [-0.39, 0.29) is 5.54 Å². The first-order valence-electron chi connectivity index (χ1n) is 5.65. The highest BCUT2D eigenvalue weighted by atomic mass is 15.3. The number of nitrogens with one attached hydrogen (secondary N) is 1. The fourth-order valence-corrected chi connectivity index (χ4v) is 3.55. The molecule has 0 saturated heterocycles. The van der Waals surface area contributed by atoms with Crippen LogP contribution in [0.4, 0.5) is 0 Å². The molecule has 1 aromatic carbocycles. The summed E-state index contributed by atoms with van der Waals surface area (Å²) in [6, 6.07) is 6.67. The number of hydrogen-bond acceptors (Lipinski definition) is 2. The van der Waals surface area contributed by atoms with Crippen molar-refractivity contribution in [3.8, 4) is 0 Å². The Labute approximate surface area is 90.8 Å². The van der Waals surface area contributed by atoms with Crippen LogP contribution in [-0.4, -0.2) is 5.54 Å². The zero-order valence-electron chi connectivity index (χ0n) is 9.43. The molecule has 0 radical (unpaired) electrons. The molecule has 3 N–H and O–H groups in total. The van der Waals surface area contributed by atoms with Gasteiger partial charge in [0.15, 0.2) is 0 Å². The molecule has 0 aromatic heterocycles. The van der Waals surface area contributed by atoms with E-state index in [9.17, 15) is 0 Å². The first-order chi connectivity index (χ1) is 7.11. The number of rotatable bonds is 2. The maximum absolute atomic E-state index is 5.56. The number of nitrogens with two attached hydrogens (primary N) is 1. The zero-order valence-corrected chi connectivity index (χ0v) is 9.43. The average molecular weight is 202 g/mol. The van der Waals surface area contributed by atoms with Crippen LogP contribution in [0.25, 0.3) is 0 Å². The van der Waals surface area contributed by atoms with Gasteiger partial charge in [0.25, 0.3) is 0 Å². The molecular formula is C13H18N2. The molecule has 1 aromatic rings. The molecule has 15 heavy (non-hydrogen) atoms. The van der Waals surface area contributed by atoms with E-state index in [4.69, 9.17) is 5.84 Å². The van der Waals surface area contributed by atoms with Gasteiger partial charge in [0.05, 0.1) is 0 Å². The van der Waals surface area contributed by atoms with Crippen LogP contribution >= 0.6 is 0 Å². The Morgan fingerprint density at radius 2 is 1.87 bits per heavy atom. The van der Waals surface area contributed by atoms with Gasteiger partial charge in [-0.15, -0.1) is 0 Å². The summed E-state index contributed by atoms with van der Waals surface area (Å²) < 4.78 is 0. The van der Waals surface area contributed by atoms with Gasteiger partial charge in [-0.05, 0) is 49.8 Å². The van der Waals surface area contributed by atoms with Gasteiger partial charge in [0.1, 0.15) is 0 Å². The predicted octanol–water partition coefficient (Wildman–Crippen LogP) is 1.94. The van der Waals surface area contributed by atoms with Crippen molar-refractivity contribution in [2.75, 3.05) is 0 Å². The molecule has 0 aliphatic heterocycles. The minimum Gasteiger partial charge on any atom is -0.271 e. The summed E-state index contributed by atoms with van der Waals surface area (Å²) >= 11 is 0. The zero-order chi connectivity index (χ0) is 10.7. The fraction of sp³-hybridized carbons (Fsp3) is 0.538. The highest BCUT2D eigenvalue weighted by molar-refractivity contribution is 5.47. The van der Waals surface area contributed by atoms with Crippen molar-refractivity contribution in [3.63, 3.8) is 0 Å². The minimum absolute atomic E-state index is 0.288. The Morgan fingerprint density at radius 1 is 1.20 bits per heavy atom. The Kier molecular flexibility index (Phi) is 1.64. The second-order valence-corrected chi connectivity index (χ2v) is 5.48. The molecule has 3 aliphatic rings. The predicted molar refractivity (Wildman–Crippen MR) is 61.5 cm³/mol. The maximum atomic E-state index is 5.56. The minimum atomic E-state index is 0.288. The van der Waals surface area contributed by atoms with Crippen molar-refractivity contribution < 1.29 is 0 Å². The Morgan fingerprint density at radius 3 is 2.47 bits per heavy atom. The van der Waals surface area contributed by atoms with Gasteiger partial charge in [0.2, 0.25) is 0 Å². The molecular weight excluding hydrogens is 184 g/mol. The van der Waals surface area contributed by atoms with Gasteiger partial charge in [-0.2, -0.15) is 0 Å². The molecule has 0 atom stereocenters. The van der Waals surface area contributed by atoms with Crippen molar-refractivity contribution >= 4 is 0 Å². The summed E-state index contributed by atoms with van der Waals surface area (Å²) in [5.41, 5.74) is 8.16. The monoisotopic (exact) mass is 202 g/mol. The lowest BCUT2D eigenvalue weighted by molar-refractivity contribution is -0.0886. The van der Waals surface area contributed by atoms with E-state index in [2.05, 4.69) is 37.5 Å². The van der Waals surface area contributed by atoms with Crippen LogP contribution < -0.4 is 11.3 Å². The van der Waals surface area contributed by atoms with Gasteiger partial charge in [-0.25, -0.2) is 0 Å². The van der Waals surface area contributed by atoms with Crippen LogP contribution in [0.15, 0.2) is 18.2 Å². The van der Waals surface area contributed by atoms with Gasteiger partial charge < -0.3 is 0 Å². The van der Waals surface area contributed by atoms with Gasteiger partial charge in [0, 0.05) is 11.0 Å². The molecule has 3 aliphatic carbocycles. The molecule has 0 amide bonds. The summed E-state index contributed by atoms with van der Waals surface area (Å²) in [6.07, 6.45) is 3.67. The molecule has 80 valence electrons. The van der Waals surface area contributed by atoms with Crippen molar-refractivity contribution in [2.45, 2.75) is 44.1 Å². The van der Waals surface area contributed by atoms with Gasteiger partial charge >= 0.3 is 0 Å². The van der Waals surface area contributed by atoms with Crippen molar-refractivity contribution in [2.24, 2.45) is 5.84 Å². The summed E-state index contributed by atoms with van der Waals surface area (Å²) in [4.78, 5) is 0. The smallest absolute Gasteiger partial charge is 0.0346 e. The molecule has 2 heteroatoms. The van der Waals surface area contributed by atoms with Crippen LogP contribution in [0.2, 0.25) is 0 Å². The molecule has 0 spiro atoms. The topological polar surface area (TPSA) is 38.0 Å². The van der Waals surface area contributed by atoms with E-state index in [0.717, 1.165) is 0 Å². The summed E-state index contributed by atoms with van der Waals surface area (Å²) in [6.45, 7) is 4.44. The average Bonchev–Trinajstić information content (AvgIpc) is 2.08. The van der Waals surface area contributed by atoms with E-state index in [1.807, 2.05) is 0 Å². The second kappa shape index (κ2) is 2.63. The first kappa shape index (κ1) is 9.37. The van der Waals surface area contributed by atoms with Crippen LogP contribution in [0.5, 0.6) is 0 Å². The SMILES string of the molecule is Cc1cccc(C23CC(NN)(C2)C3)c1C. The van der Waals surface area contributed by atoms with E-state index < -0.39 is 0 Å². The second-order valence-electron chi connectivity index (χ2n) is 5.48. The van der Waals surface area contributed by atoms with Crippen LogP contribution in [0.3, 0.4) is 0 Å². The van der Waals surface area contributed by atoms with Crippen molar-refractivity contribution in [3.05, 3.63) is 34.9 Å². The Bertz CT molecular complexity index is 403. The lowest BCUT2D eigenvalue weighted by Crippen LogP contribution is -2.77. The quantitative estimate of drug-likeness (QED) is 0.568. The summed E-state index contributed by atoms with van der Waals surface area (Å²) in [7, 11) is 0. The van der Waals surface area contributed by atoms with E-state index >= 15 is 0 Å². The molecule has 2 bridgehead atoms. The molecule has 3 fully saturated rings. The third-order valence-corrected chi connectivity index (χ3v) is 4.51. The largest absolute Gasteiger partial charge is 0.271 e. The van der Waals surface area contributed by atoms with E-state index in [1.165, 1.54) is 30.4 Å². The van der Waals surface area contributed by atoms with Gasteiger partial charge in [-0.3, -0.25) is 11.3 Å². The highest BCUT2D eigenvalue weighted by Crippen LogP contribution is 2.67. The van der Waals surface area contributed by atoms with Crippen molar-refractivity contribution in [1.82, 2.24) is 5.43 Å². The molecule has 0 heterocycles. The highest BCUT2D eigenvalue weighted by Gasteiger charge is 2.68. The van der Waals surface area contributed by atoms with Crippen LogP contribution in [0.1, 0.15) is 36.0 Å². The van der Waals surface area contributed by atoms with Crippen molar-refractivity contribution in [1.29, 1.82) is 0 Å². The number of aryl methyl sites for hydroxylation is 1. The lowest BCUT2D eigenvalue weighted by Gasteiger charge is -2.71. The number of hydrazine groups is 1. The third-order valence-electron chi connectivity index (χ3n) is 4.51. The Balaban J connectivity index is 1.94. The summed E-state index contributed by atoms with van der Waals surface area (Å²) in [5, 5.41) is 0. The number of hydrogen-bond donors (Lipinski definition) is 2. The molecule has 4 rings (SSSR count). The Hall–Kier alpha value is -0.860. The molecule has 2 nitrogen and oxygen atoms in total. The lowest BCUT2D eigenvalue weighted by atomic mass is 9.37. The summed E-state index contributed by atoms with van der Waals surface area (Å²) in [5.74, 6) is 5.56. The standard InChI is InChI=1S/C13H18N2/c1-9-4-3-5-11(10(9)2)12-6-13(7-12,8-12)15-14/h3-5,15H,6-8,14H2,1-2H3.